The molecule has 1 aromatic carbocycles. The van der Waals surface area contributed by atoms with Gasteiger partial charge in [0.15, 0.2) is 0 Å². The van der Waals surface area contributed by atoms with Crippen molar-refractivity contribution in [3.8, 4) is 6.07 Å². The van der Waals surface area contributed by atoms with Gasteiger partial charge in [-0.1, -0.05) is 18.5 Å². The van der Waals surface area contributed by atoms with Crippen LogP contribution in [-0.2, 0) is 4.74 Å². The third kappa shape index (κ3) is 2.90. The minimum Gasteiger partial charge on any atom is -0.447 e. The van der Waals surface area contributed by atoms with Crippen LogP contribution >= 0.6 is 11.6 Å². The molecule has 0 N–H and O–H groups in total. The number of carbonyl (C=O) groups excluding carboxylic acids is 1. The summed E-state index contributed by atoms with van der Waals surface area (Å²) in [5.74, 6) is -1.75. The fraction of sp³-hybridized carbons (Fsp3) is 0.385. The lowest BCUT2D eigenvalue weighted by Gasteiger charge is -2.28. The van der Waals surface area contributed by atoms with Crippen molar-refractivity contribution in [3.63, 3.8) is 0 Å². The maximum Gasteiger partial charge on any atom is 0.414 e. The number of rotatable bonds is 2. The van der Waals surface area contributed by atoms with Crippen LogP contribution < -0.4 is 4.90 Å². The number of halogens is 4. The second kappa shape index (κ2) is 5.45. The molecule has 0 bridgehead atoms. The Morgan fingerprint density at radius 1 is 1.52 bits per heavy atom. The Morgan fingerprint density at radius 3 is 2.71 bits per heavy atom. The highest BCUT2D eigenvalue weighted by Gasteiger charge is 2.49. The molecule has 1 heterocycles. The van der Waals surface area contributed by atoms with E-state index in [0.717, 1.165) is 11.8 Å². The molecule has 1 fully saturated rings. The first kappa shape index (κ1) is 15.4. The van der Waals surface area contributed by atoms with Gasteiger partial charge in [-0.15, -0.1) is 0 Å². The SMILES string of the molecule is CC([C@H]1COC(=O)N1c1ccc(C#N)c(Cl)c1)C(F)(F)F. The number of amides is 1. The van der Waals surface area contributed by atoms with Crippen molar-refractivity contribution >= 4 is 23.4 Å². The van der Waals surface area contributed by atoms with Crippen LogP contribution in [0.15, 0.2) is 18.2 Å². The van der Waals surface area contributed by atoms with Gasteiger partial charge in [-0.05, 0) is 18.2 Å². The van der Waals surface area contributed by atoms with Gasteiger partial charge in [-0.3, -0.25) is 4.90 Å². The molecule has 0 spiro atoms. The van der Waals surface area contributed by atoms with E-state index in [1.807, 2.05) is 6.07 Å². The van der Waals surface area contributed by atoms with E-state index in [9.17, 15) is 18.0 Å². The van der Waals surface area contributed by atoms with Gasteiger partial charge in [-0.25, -0.2) is 4.79 Å². The molecule has 1 saturated heterocycles. The van der Waals surface area contributed by atoms with Crippen molar-refractivity contribution in [3.05, 3.63) is 28.8 Å². The standard InChI is InChI=1S/C13H10ClF3N2O2/c1-7(13(15,16)17)11-6-21-12(20)19(11)9-3-2-8(5-18)10(14)4-9/h2-4,7,11H,6H2,1H3/t7?,11-/m1/s1. The lowest BCUT2D eigenvalue weighted by atomic mass is 10.0. The number of ether oxygens (including phenoxy) is 1. The number of alkyl halides is 3. The third-order valence-corrected chi connectivity index (χ3v) is 3.66. The van der Waals surface area contributed by atoms with Crippen LogP contribution in [0.4, 0.5) is 23.7 Å². The summed E-state index contributed by atoms with van der Waals surface area (Å²) in [5.41, 5.74) is 0.344. The molecule has 1 aromatic rings. The summed E-state index contributed by atoms with van der Waals surface area (Å²) in [4.78, 5) is 12.6. The molecule has 1 aliphatic rings. The monoisotopic (exact) mass is 318 g/mol. The molecule has 0 aliphatic carbocycles. The number of anilines is 1. The smallest absolute Gasteiger partial charge is 0.414 e. The predicted octanol–water partition coefficient (Wildman–Crippen LogP) is 3.74. The normalized spacial score (nSPS) is 20.1. The highest BCUT2D eigenvalue weighted by atomic mass is 35.5. The number of nitriles is 1. The van der Waals surface area contributed by atoms with Gasteiger partial charge in [0.25, 0.3) is 0 Å². The minimum absolute atomic E-state index is 0.0631. The minimum atomic E-state index is -4.45. The number of hydrogen-bond donors (Lipinski definition) is 0. The highest BCUT2D eigenvalue weighted by Crippen LogP contribution is 2.36. The van der Waals surface area contributed by atoms with Gasteiger partial charge < -0.3 is 4.74 Å². The molecule has 21 heavy (non-hydrogen) atoms. The Morgan fingerprint density at radius 2 is 2.19 bits per heavy atom. The first-order valence-corrected chi connectivity index (χ1v) is 6.36. The Hall–Kier alpha value is -1.94. The molecule has 1 amide bonds. The molecular weight excluding hydrogens is 309 g/mol. The summed E-state index contributed by atoms with van der Waals surface area (Å²) in [5, 5.41) is 8.85. The zero-order valence-corrected chi connectivity index (χ0v) is 11.6. The van der Waals surface area contributed by atoms with Crippen LogP contribution in [0.3, 0.4) is 0 Å². The summed E-state index contributed by atoms with van der Waals surface area (Å²) in [6, 6.07) is 4.67. The largest absolute Gasteiger partial charge is 0.447 e. The Labute approximate surface area is 123 Å². The molecule has 112 valence electrons. The maximum absolute atomic E-state index is 12.9. The number of cyclic esters (lactones) is 1. The second-order valence-corrected chi connectivity index (χ2v) is 5.03. The van der Waals surface area contributed by atoms with Gasteiger partial charge >= 0.3 is 12.3 Å². The lowest BCUT2D eigenvalue weighted by molar-refractivity contribution is -0.174. The fourth-order valence-electron chi connectivity index (χ4n) is 2.06. The van der Waals surface area contributed by atoms with E-state index in [0.29, 0.717) is 0 Å². The first-order chi connectivity index (χ1) is 9.75. The molecule has 0 aromatic heterocycles. The van der Waals surface area contributed by atoms with E-state index in [4.69, 9.17) is 21.6 Å². The van der Waals surface area contributed by atoms with Crippen LogP contribution in [0.1, 0.15) is 12.5 Å². The van der Waals surface area contributed by atoms with Crippen molar-refractivity contribution < 1.29 is 22.7 Å². The van der Waals surface area contributed by atoms with Crippen molar-refractivity contribution in [2.24, 2.45) is 5.92 Å². The van der Waals surface area contributed by atoms with Crippen molar-refractivity contribution in [2.45, 2.75) is 19.1 Å². The molecule has 1 unspecified atom stereocenters. The van der Waals surface area contributed by atoms with E-state index in [1.54, 1.807) is 0 Å². The van der Waals surface area contributed by atoms with E-state index in [1.165, 1.54) is 18.2 Å². The Bertz CT molecular complexity index is 612. The van der Waals surface area contributed by atoms with Gasteiger partial charge in [0.2, 0.25) is 0 Å². The molecule has 0 radical (unpaired) electrons. The van der Waals surface area contributed by atoms with Gasteiger partial charge in [-0.2, -0.15) is 18.4 Å². The molecular formula is C13H10ClF3N2O2. The van der Waals surface area contributed by atoms with Crippen LogP contribution in [0, 0.1) is 17.2 Å². The van der Waals surface area contributed by atoms with Gasteiger partial charge in [0, 0.05) is 5.69 Å². The summed E-state index contributed by atoms with van der Waals surface area (Å²) in [6.45, 7) is 0.641. The van der Waals surface area contributed by atoms with Crippen LogP contribution in [-0.4, -0.2) is 24.9 Å². The number of benzene rings is 1. The van der Waals surface area contributed by atoms with Crippen molar-refractivity contribution in [2.75, 3.05) is 11.5 Å². The fourth-order valence-corrected chi connectivity index (χ4v) is 2.28. The molecule has 0 saturated carbocycles. The Balaban J connectivity index is 2.38. The maximum atomic E-state index is 12.9. The Kier molecular flexibility index (Phi) is 4.01. The first-order valence-electron chi connectivity index (χ1n) is 5.98. The zero-order valence-electron chi connectivity index (χ0n) is 10.8. The second-order valence-electron chi connectivity index (χ2n) is 4.62. The van der Waals surface area contributed by atoms with E-state index >= 15 is 0 Å². The van der Waals surface area contributed by atoms with Crippen LogP contribution in [0.2, 0.25) is 5.02 Å². The number of nitrogens with zero attached hydrogens (tertiary/aromatic N) is 2. The predicted molar refractivity (Wildman–Crippen MR) is 69.0 cm³/mol. The van der Waals surface area contributed by atoms with E-state index in [2.05, 4.69) is 0 Å². The summed E-state index contributed by atoms with van der Waals surface area (Å²) < 4.78 is 43.3. The highest BCUT2D eigenvalue weighted by molar-refractivity contribution is 6.32. The average Bonchev–Trinajstić information content (AvgIpc) is 2.78. The van der Waals surface area contributed by atoms with E-state index in [-0.39, 0.29) is 22.9 Å². The van der Waals surface area contributed by atoms with Crippen LogP contribution in [0.5, 0.6) is 0 Å². The summed E-state index contributed by atoms with van der Waals surface area (Å²) in [7, 11) is 0. The molecule has 8 heteroatoms. The summed E-state index contributed by atoms with van der Waals surface area (Å²) >= 11 is 5.85. The van der Waals surface area contributed by atoms with Gasteiger partial charge in [0.05, 0.1) is 22.5 Å². The summed E-state index contributed by atoms with van der Waals surface area (Å²) in [6.07, 6.45) is -5.32. The quantitative estimate of drug-likeness (QED) is 0.834. The van der Waals surface area contributed by atoms with Crippen molar-refractivity contribution in [1.29, 1.82) is 5.26 Å². The average molecular weight is 319 g/mol. The van der Waals surface area contributed by atoms with Crippen LogP contribution in [0.25, 0.3) is 0 Å². The molecule has 2 rings (SSSR count). The molecule has 1 aliphatic heterocycles. The lowest BCUT2D eigenvalue weighted by Crippen LogP contribution is -2.43. The molecule has 2 atom stereocenters. The topological polar surface area (TPSA) is 53.3 Å². The van der Waals surface area contributed by atoms with Crippen molar-refractivity contribution in [1.82, 2.24) is 0 Å². The van der Waals surface area contributed by atoms with E-state index < -0.39 is 24.2 Å². The number of carbonyl (C=O) groups is 1. The number of hydrogen-bond acceptors (Lipinski definition) is 3. The zero-order chi connectivity index (χ0) is 15.8. The third-order valence-electron chi connectivity index (χ3n) is 3.35. The van der Waals surface area contributed by atoms with Gasteiger partial charge in [0.1, 0.15) is 12.7 Å². The molecule has 4 nitrogen and oxygen atoms in total.